The molecule has 1 heterocycles. The maximum atomic E-state index is 13.3. The first-order valence-electron chi connectivity index (χ1n) is 9.58. The predicted molar refractivity (Wildman–Crippen MR) is 106 cm³/mol. The number of hydrogen-bond acceptors (Lipinski definition) is 1. The number of piperazine rings is 1. The number of amides is 1. The van der Waals surface area contributed by atoms with Gasteiger partial charge in [0.1, 0.15) is 32.0 Å². The number of benzene rings is 2. The number of quaternary nitrogens is 2. The highest BCUT2D eigenvalue weighted by Crippen LogP contribution is 2.09. The molecule has 27 heavy (non-hydrogen) atoms. The molecule has 1 saturated heterocycles. The smallest absolute Gasteiger partial charge is 0.282 e. The highest BCUT2D eigenvalue weighted by atomic mass is 19.1. The molecule has 4 nitrogen and oxygen atoms in total. The van der Waals surface area contributed by atoms with E-state index in [0.717, 1.165) is 32.7 Å². The van der Waals surface area contributed by atoms with E-state index in [0.29, 0.717) is 5.69 Å². The molecule has 3 rings (SSSR count). The Balaban J connectivity index is 1.44. The van der Waals surface area contributed by atoms with E-state index >= 15 is 0 Å². The molecule has 0 radical (unpaired) electrons. The molecule has 0 unspecified atom stereocenters. The number of anilines is 1. The Kier molecular flexibility index (Phi) is 6.74. The molecule has 0 spiro atoms. The monoisotopic (exact) mass is 369 g/mol. The lowest BCUT2D eigenvalue weighted by Gasteiger charge is -2.32. The van der Waals surface area contributed by atoms with Crippen LogP contribution in [-0.2, 0) is 4.79 Å². The van der Waals surface area contributed by atoms with Crippen molar-refractivity contribution in [3.05, 3.63) is 72.1 Å². The molecule has 1 aliphatic rings. The van der Waals surface area contributed by atoms with E-state index in [9.17, 15) is 9.18 Å². The fourth-order valence-corrected chi connectivity index (χ4v) is 3.49. The largest absolute Gasteiger partial charge is 0.322 e. The first kappa shape index (κ1) is 19.3. The maximum absolute atomic E-state index is 13.3. The maximum Gasteiger partial charge on any atom is 0.282 e. The number of carbonyl (C=O) groups excluding carboxylic acids is 1. The SMILES string of the molecule is C[C@@H](C(=O)Nc1cccc(F)c1)[NH+]1CC[NH+](C/C=C/c2ccccc2)CC1. The first-order valence-corrected chi connectivity index (χ1v) is 9.58. The Morgan fingerprint density at radius 2 is 1.85 bits per heavy atom. The zero-order valence-electron chi connectivity index (χ0n) is 15.7. The Morgan fingerprint density at radius 1 is 1.11 bits per heavy atom. The quantitative estimate of drug-likeness (QED) is 0.687. The Bertz CT molecular complexity index is 770. The molecule has 1 fully saturated rings. The molecule has 5 heteroatoms. The van der Waals surface area contributed by atoms with Crippen molar-refractivity contribution >= 4 is 17.7 Å². The lowest BCUT2D eigenvalue weighted by Crippen LogP contribution is -3.29. The Hall–Kier alpha value is -2.50. The van der Waals surface area contributed by atoms with Gasteiger partial charge in [0.15, 0.2) is 6.04 Å². The summed E-state index contributed by atoms with van der Waals surface area (Å²) in [6.07, 6.45) is 4.40. The molecule has 0 aromatic heterocycles. The summed E-state index contributed by atoms with van der Waals surface area (Å²) in [6.45, 7) is 6.98. The third-order valence-corrected chi connectivity index (χ3v) is 5.21. The van der Waals surface area contributed by atoms with Gasteiger partial charge in [-0.25, -0.2) is 4.39 Å². The summed E-state index contributed by atoms with van der Waals surface area (Å²) >= 11 is 0. The van der Waals surface area contributed by atoms with Gasteiger partial charge < -0.3 is 15.1 Å². The third-order valence-electron chi connectivity index (χ3n) is 5.21. The van der Waals surface area contributed by atoms with E-state index < -0.39 is 0 Å². The molecular weight excluding hydrogens is 341 g/mol. The summed E-state index contributed by atoms with van der Waals surface area (Å²) in [7, 11) is 0. The van der Waals surface area contributed by atoms with Crippen LogP contribution in [0.2, 0.25) is 0 Å². The van der Waals surface area contributed by atoms with Crippen LogP contribution in [0.4, 0.5) is 10.1 Å². The molecular formula is C22H28FN3O+2. The zero-order valence-corrected chi connectivity index (χ0v) is 15.7. The average Bonchev–Trinajstić information content (AvgIpc) is 2.69. The molecule has 3 N–H and O–H groups in total. The Labute approximate surface area is 160 Å². The minimum atomic E-state index is -0.339. The van der Waals surface area contributed by atoms with Crippen LogP contribution in [0.1, 0.15) is 12.5 Å². The minimum Gasteiger partial charge on any atom is -0.322 e. The van der Waals surface area contributed by atoms with Crippen LogP contribution in [0.5, 0.6) is 0 Å². The summed E-state index contributed by atoms with van der Waals surface area (Å²) in [5.41, 5.74) is 1.74. The third kappa shape index (κ3) is 5.74. The molecule has 142 valence electrons. The molecule has 0 aliphatic carbocycles. The van der Waals surface area contributed by atoms with Crippen molar-refractivity contribution in [3.8, 4) is 0 Å². The highest BCUT2D eigenvalue weighted by Gasteiger charge is 2.30. The average molecular weight is 369 g/mol. The van der Waals surface area contributed by atoms with Crippen molar-refractivity contribution in [3.63, 3.8) is 0 Å². The summed E-state index contributed by atoms with van der Waals surface area (Å²) < 4.78 is 13.3. The highest BCUT2D eigenvalue weighted by molar-refractivity contribution is 5.93. The van der Waals surface area contributed by atoms with Gasteiger partial charge in [-0.05, 0) is 36.8 Å². The zero-order chi connectivity index (χ0) is 19.1. The minimum absolute atomic E-state index is 0.0528. The first-order chi connectivity index (χ1) is 13.1. The molecule has 2 aromatic rings. The van der Waals surface area contributed by atoms with E-state index in [2.05, 4.69) is 29.6 Å². The number of carbonyl (C=O) groups is 1. The van der Waals surface area contributed by atoms with E-state index in [1.807, 2.05) is 25.1 Å². The van der Waals surface area contributed by atoms with Crippen LogP contribution in [-0.4, -0.2) is 44.7 Å². The number of halogens is 1. The lowest BCUT2D eigenvalue weighted by molar-refractivity contribution is -1.02. The van der Waals surface area contributed by atoms with Crippen molar-refractivity contribution in [1.82, 2.24) is 0 Å². The second kappa shape index (κ2) is 9.44. The number of hydrogen-bond donors (Lipinski definition) is 3. The van der Waals surface area contributed by atoms with Crippen LogP contribution in [0.25, 0.3) is 6.08 Å². The van der Waals surface area contributed by atoms with Crippen molar-refractivity contribution in [2.75, 3.05) is 38.0 Å². The van der Waals surface area contributed by atoms with Crippen LogP contribution in [0, 0.1) is 5.82 Å². The van der Waals surface area contributed by atoms with E-state index in [-0.39, 0.29) is 17.8 Å². The molecule has 0 bridgehead atoms. The molecule has 0 saturated carbocycles. The topological polar surface area (TPSA) is 38.0 Å². The van der Waals surface area contributed by atoms with E-state index in [1.54, 1.807) is 17.0 Å². The second-order valence-electron chi connectivity index (χ2n) is 7.15. The fourth-order valence-electron chi connectivity index (χ4n) is 3.49. The standard InChI is InChI=1S/C22H26FN3O/c1-18(22(27)24-21-11-5-10-20(23)17-21)26-15-13-25(14-16-26)12-6-9-19-7-3-2-4-8-19/h2-11,17-18H,12-16H2,1H3,(H,24,27)/p+2/b9-6+/t18-/m0/s1. The van der Waals surface area contributed by atoms with Gasteiger partial charge in [-0.15, -0.1) is 0 Å². The van der Waals surface area contributed by atoms with Crippen molar-refractivity contribution in [2.24, 2.45) is 0 Å². The molecule has 1 amide bonds. The lowest BCUT2D eigenvalue weighted by atomic mass is 10.2. The molecule has 1 atom stereocenters. The van der Waals surface area contributed by atoms with Crippen LogP contribution in [0.3, 0.4) is 0 Å². The van der Waals surface area contributed by atoms with Crippen molar-refractivity contribution in [1.29, 1.82) is 0 Å². The van der Waals surface area contributed by atoms with Gasteiger partial charge in [-0.3, -0.25) is 4.79 Å². The van der Waals surface area contributed by atoms with Gasteiger partial charge in [0.2, 0.25) is 0 Å². The normalized spacial score (nSPS) is 21.1. The second-order valence-corrected chi connectivity index (χ2v) is 7.15. The molecule has 1 aliphatic heterocycles. The number of rotatable bonds is 6. The summed E-state index contributed by atoms with van der Waals surface area (Å²) in [4.78, 5) is 15.3. The van der Waals surface area contributed by atoms with Crippen LogP contribution < -0.4 is 15.1 Å². The van der Waals surface area contributed by atoms with Gasteiger partial charge in [-0.2, -0.15) is 0 Å². The van der Waals surface area contributed by atoms with Gasteiger partial charge in [0, 0.05) is 5.69 Å². The molecule has 2 aromatic carbocycles. The summed E-state index contributed by atoms with van der Waals surface area (Å²) in [5.74, 6) is -0.392. The van der Waals surface area contributed by atoms with Crippen molar-refractivity contribution < 1.29 is 19.0 Å². The predicted octanol–water partition coefficient (Wildman–Crippen LogP) is 0.650. The van der Waals surface area contributed by atoms with Gasteiger partial charge in [-0.1, -0.05) is 42.5 Å². The fraction of sp³-hybridized carbons (Fsp3) is 0.318. The van der Waals surface area contributed by atoms with Crippen molar-refractivity contribution in [2.45, 2.75) is 13.0 Å². The van der Waals surface area contributed by atoms with E-state index in [4.69, 9.17) is 0 Å². The van der Waals surface area contributed by atoms with Gasteiger partial charge >= 0.3 is 0 Å². The van der Waals surface area contributed by atoms with E-state index in [1.165, 1.54) is 22.6 Å². The van der Waals surface area contributed by atoms with Gasteiger partial charge in [0.05, 0.1) is 6.54 Å². The Morgan fingerprint density at radius 3 is 2.56 bits per heavy atom. The summed E-state index contributed by atoms with van der Waals surface area (Å²) in [5, 5.41) is 2.83. The number of nitrogens with one attached hydrogen (secondary N) is 3. The van der Waals surface area contributed by atoms with Crippen LogP contribution >= 0.6 is 0 Å². The van der Waals surface area contributed by atoms with Gasteiger partial charge in [0.25, 0.3) is 5.91 Å². The summed E-state index contributed by atoms with van der Waals surface area (Å²) in [6, 6.07) is 16.2. The van der Waals surface area contributed by atoms with Crippen LogP contribution in [0.15, 0.2) is 60.7 Å².